The smallest absolute Gasteiger partial charge is 0.233 e. The van der Waals surface area contributed by atoms with E-state index in [1.54, 1.807) is 11.8 Å². The van der Waals surface area contributed by atoms with Crippen LogP contribution in [0.2, 0.25) is 0 Å². The molecule has 0 aliphatic carbocycles. The summed E-state index contributed by atoms with van der Waals surface area (Å²) in [6.45, 7) is 4.17. The summed E-state index contributed by atoms with van der Waals surface area (Å²) in [6, 6.07) is 0.412. The highest BCUT2D eigenvalue weighted by Gasteiger charge is 2.25. The Hall–Kier alpha value is -0.180. The first-order valence-corrected chi connectivity index (χ1v) is 5.24. The van der Waals surface area contributed by atoms with E-state index in [9.17, 15) is 4.79 Å². The molecular weight excluding hydrogens is 158 g/mol. The Bertz CT molecular complexity index is 149. The molecule has 1 N–H and O–H groups in total. The quantitative estimate of drug-likeness (QED) is 0.684. The van der Waals surface area contributed by atoms with Crippen molar-refractivity contribution in [1.82, 2.24) is 5.32 Å². The van der Waals surface area contributed by atoms with Crippen molar-refractivity contribution >= 4 is 17.7 Å². The van der Waals surface area contributed by atoms with Crippen LogP contribution in [-0.2, 0) is 4.79 Å². The first-order chi connectivity index (χ1) is 5.27. The molecule has 2 nitrogen and oxygen atoms in total. The molecule has 0 spiro atoms. The highest BCUT2D eigenvalue weighted by Crippen LogP contribution is 2.21. The average Bonchev–Trinajstić information content (AvgIpc) is 2.04. The summed E-state index contributed by atoms with van der Waals surface area (Å²) < 4.78 is 0. The molecule has 1 aliphatic heterocycles. The molecule has 0 aromatic heterocycles. The normalized spacial score (nSPS) is 31.6. The summed E-state index contributed by atoms with van der Waals surface area (Å²) in [5.41, 5.74) is 0. The zero-order chi connectivity index (χ0) is 8.27. The van der Waals surface area contributed by atoms with E-state index in [-0.39, 0.29) is 11.2 Å². The van der Waals surface area contributed by atoms with Gasteiger partial charge in [-0.1, -0.05) is 13.8 Å². The largest absolute Gasteiger partial charge is 0.352 e. The number of carbonyl (C=O) groups excluding carboxylic acids is 1. The van der Waals surface area contributed by atoms with Crippen LogP contribution in [0.5, 0.6) is 0 Å². The second-order valence-electron chi connectivity index (χ2n) is 2.84. The lowest BCUT2D eigenvalue weighted by Crippen LogP contribution is -2.46. The van der Waals surface area contributed by atoms with Gasteiger partial charge in [-0.25, -0.2) is 0 Å². The van der Waals surface area contributed by atoms with Gasteiger partial charge < -0.3 is 5.32 Å². The summed E-state index contributed by atoms with van der Waals surface area (Å²) in [5, 5.41) is 3.21. The SMILES string of the molecule is CC[C@H]1CS[C@H](CC)C(=O)N1. The molecule has 1 heterocycles. The highest BCUT2D eigenvalue weighted by molar-refractivity contribution is 8.00. The van der Waals surface area contributed by atoms with Crippen molar-refractivity contribution in [2.45, 2.75) is 38.0 Å². The molecule has 1 fully saturated rings. The minimum Gasteiger partial charge on any atom is -0.352 e. The average molecular weight is 173 g/mol. The number of carbonyl (C=O) groups is 1. The van der Waals surface area contributed by atoms with E-state index < -0.39 is 0 Å². The van der Waals surface area contributed by atoms with Crippen LogP contribution in [0.1, 0.15) is 26.7 Å². The topological polar surface area (TPSA) is 29.1 Å². The van der Waals surface area contributed by atoms with E-state index >= 15 is 0 Å². The molecule has 1 aliphatic rings. The van der Waals surface area contributed by atoms with Gasteiger partial charge in [-0.3, -0.25) is 4.79 Å². The van der Waals surface area contributed by atoms with Crippen molar-refractivity contribution in [2.75, 3.05) is 5.75 Å². The van der Waals surface area contributed by atoms with Crippen molar-refractivity contribution in [3.63, 3.8) is 0 Å². The maximum Gasteiger partial charge on any atom is 0.233 e. The van der Waals surface area contributed by atoms with Crippen molar-refractivity contribution < 1.29 is 4.79 Å². The molecule has 1 amide bonds. The van der Waals surface area contributed by atoms with Crippen molar-refractivity contribution in [2.24, 2.45) is 0 Å². The summed E-state index contributed by atoms with van der Waals surface area (Å²) in [6.07, 6.45) is 2.00. The van der Waals surface area contributed by atoms with E-state index in [1.165, 1.54) is 0 Å². The number of thioether (sulfide) groups is 1. The fraction of sp³-hybridized carbons (Fsp3) is 0.875. The summed E-state index contributed by atoms with van der Waals surface area (Å²) in [4.78, 5) is 11.3. The molecule has 0 saturated carbocycles. The van der Waals surface area contributed by atoms with Crippen LogP contribution < -0.4 is 5.32 Å². The molecule has 0 aromatic rings. The van der Waals surface area contributed by atoms with Gasteiger partial charge in [0.05, 0.1) is 5.25 Å². The lowest BCUT2D eigenvalue weighted by atomic mass is 10.2. The van der Waals surface area contributed by atoms with E-state index in [0.29, 0.717) is 6.04 Å². The first kappa shape index (κ1) is 8.91. The zero-order valence-electron chi connectivity index (χ0n) is 7.09. The van der Waals surface area contributed by atoms with Crippen molar-refractivity contribution in [3.8, 4) is 0 Å². The first-order valence-electron chi connectivity index (χ1n) is 4.19. The van der Waals surface area contributed by atoms with Crippen molar-refractivity contribution in [3.05, 3.63) is 0 Å². The fourth-order valence-electron chi connectivity index (χ4n) is 1.17. The Balaban J connectivity index is 2.41. The summed E-state index contributed by atoms with van der Waals surface area (Å²) in [5.74, 6) is 1.32. The van der Waals surface area contributed by atoms with Gasteiger partial charge in [0.2, 0.25) is 5.91 Å². The van der Waals surface area contributed by atoms with Gasteiger partial charge in [0.15, 0.2) is 0 Å². The molecule has 0 bridgehead atoms. The third-order valence-electron chi connectivity index (χ3n) is 2.00. The Morgan fingerprint density at radius 2 is 2.27 bits per heavy atom. The van der Waals surface area contributed by atoms with Gasteiger partial charge in [0.25, 0.3) is 0 Å². The van der Waals surface area contributed by atoms with E-state index in [0.717, 1.165) is 18.6 Å². The molecule has 0 radical (unpaired) electrons. The van der Waals surface area contributed by atoms with E-state index in [2.05, 4.69) is 19.2 Å². The maximum atomic E-state index is 11.3. The van der Waals surface area contributed by atoms with Gasteiger partial charge in [-0.05, 0) is 12.8 Å². The van der Waals surface area contributed by atoms with Crippen LogP contribution in [0, 0.1) is 0 Å². The third-order valence-corrected chi connectivity index (χ3v) is 3.55. The Labute approximate surface area is 72.1 Å². The maximum absolute atomic E-state index is 11.3. The Kier molecular flexibility index (Phi) is 3.24. The molecule has 64 valence electrons. The molecule has 1 saturated heterocycles. The number of hydrogen-bond donors (Lipinski definition) is 1. The molecule has 1 rings (SSSR count). The van der Waals surface area contributed by atoms with Gasteiger partial charge in [0, 0.05) is 11.8 Å². The molecule has 0 unspecified atom stereocenters. The molecule has 2 atom stereocenters. The standard InChI is InChI=1S/C8H15NOS/c1-3-6-5-11-7(4-2)8(10)9-6/h6-7H,3-5H2,1-2H3,(H,9,10)/t6-,7+/m0/s1. The summed E-state index contributed by atoms with van der Waals surface area (Å²) in [7, 11) is 0. The van der Waals surface area contributed by atoms with Crippen LogP contribution in [0.3, 0.4) is 0 Å². The number of amides is 1. The molecule has 11 heavy (non-hydrogen) atoms. The van der Waals surface area contributed by atoms with Gasteiger partial charge in [-0.15, -0.1) is 11.8 Å². The Morgan fingerprint density at radius 3 is 2.73 bits per heavy atom. The predicted molar refractivity (Wildman–Crippen MR) is 48.8 cm³/mol. The van der Waals surface area contributed by atoms with E-state index in [4.69, 9.17) is 0 Å². The fourth-order valence-corrected chi connectivity index (χ4v) is 2.41. The highest BCUT2D eigenvalue weighted by atomic mass is 32.2. The molecule has 3 heteroatoms. The number of hydrogen-bond acceptors (Lipinski definition) is 2. The number of rotatable bonds is 2. The molecular formula is C8H15NOS. The lowest BCUT2D eigenvalue weighted by Gasteiger charge is -2.27. The zero-order valence-corrected chi connectivity index (χ0v) is 7.91. The number of nitrogens with one attached hydrogen (secondary N) is 1. The second-order valence-corrected chi connectivity index (χ2v) is 4.08. The second kappa shape index (κ2) is 4.00. The van der Waals surface area contributed by atoms with Gasteiger partial charge >= 0.3 is 0 Å². The predicted octanol–water partition coefficient (Wildman–Crippen LogP) is 1.41. The summed E-state index contributed by atoms with van der Waals surface area (Å²) >= 11 is 1.79. The van der Waals surface area contributed by atoms with Crippen LogP contribution >= 0.6 is 11.8 Å². The van der Waals surface area contributed by atoms with Crippen LogP contribution in [0.15, 0.2) is 0 Å². The monoisotopic (exact) mass is 173 g/mol. The van der Waals surface area contributed by atoms with Crippen LogP contribution in [0.25, 0.3) is 0 Å². The van der Waals surface area contributed by atoms with Crippen molar-refractivity contribution in [1.29, 1.82) is 0 Å². The lowest BCUT2D eigenvalue weighted by molar-refractivity contribution is -0.121. The Morgan fingerprint density at radius 1 is 1.55 bits per heavy atom. The van der Waals surface area contributed by atoms with Crippen LogP contribution in [-0.4, -0.2) is 23.0 Å². The third kappa shape index (κ3) is 2.12. The van der Waals surface area contributed by atoms with E-state index in [1.807, 2.05) is 0 Å². The molecule has 0 aromatic carbocycles. The van der Waals surface area contributed by atoms with Crippen LogP contribution in [0.4, 0.5) is 0 Å². The minimum atomic E-state index is 0.206. The van der Waals surface area contributed by atoms with Gasteiger partial charge in [0.1, 0.15) is 0 Å². The minimum absolute atomic E-state index is 0.206. The van der Waals surface area contributed by atoms with Gasteiger partial charge in [-0.2, -0.15) is 0 Å².